The molecule has 2 aliphatic rings. The van der Waals surface area contributed by atoms with Crippen LogP contribution in [0.2, 0.25) is 0 Å². The van der Waals surface area contributed by atoms with E-state index in [1.54, 1.807) is 38.3 Å². The molecule has 0 spiro atoms. The van der Waals surface area contributed by atoms with Crippen molar-refractivity contribution in [3.63, 3.8) is 0 Å². The van der Waals surface area contributed by atoms with E-state index in [9.17, 15) is 19.7 Å². The number of Topliss-reactive ketones (excluding diaryl/α,β-unsaturated/α-hetero) is 1. The normalized spacial score (nSPS) is 18.0. The Morgan fingerprint density at radius 1 is 1.06 bits per heavy atom. The first-order chi connectivity index (χ1) is 16.4. The molecule has 2 aromatic carbocycles. The van der Waals surface area contributed by atoms with Gasteiger partial charge in [-0.1, -0.05) is 6.07 Å². The standard InChI is InChI=1S/C25H26N2O7/c1-4-34-16-9-11-19(21(12-16)27(30)31)26-20-6-5-7-22(28)25(20)18(14-24(26)29)17-10-8-15(32-2)13-23(17)33-3/h8-13,18H,4-7,14H2,1-3H3. The van der Waals surface area contributed by atoms with Crippen molar-refractivity contribution in [3.05, 3.63) is 63.3 Å². The van der Waals surface area contributed by atoms with Gasteiger partial charge in [-0.2, -0.15) is 0 Å². The first-order valence-electron chi connectivity index (χ1n) is 11.1. The fraction of sp³-hybridized carbons (Fsp3) is 0.360. The van der Waals surface area contributed by atoms with Crippen molar-refractivity contribution in [2.45, 2.75) is 38.5 Å². The zero-order valence-corrected chi connectivity index (χ0v) is 19.3. The second kappa shape index (κ2) is 9.54. The lowest BCUT2D eigenvalue weighted by atomic mass is 9.76. The van der Waals surface area contributed by atoms with E-state index in [0.717, 1.165) is 0 Å². The third-order valence-electron chi connectivity index (χ3n) is 6.19. The molecule has 34 heavy (non-hydrogen) atoms. The Kier molecular flexibility index (Phi) is 6.54. The fourth-order valence-electron chi connectivity index (χ4n) is 4.74. The molecule has 0 saturated heterocycles. The zero-order valence-electron chi connectivity index (χ0n) is 19.3. The molecule has 1 unspecified atom stereocenters. The van der Waals surface area contributed by atoms with Crippen molar-refractivity contribution in [1.29, 1.82) is 0 Å². The van der Waals surface area contributed by atoms with Gasteiger partial charge in [0.2, 0.25) is 5.91 Å². The van der Waals surface area contributed by atoms with Crippen LogP contribution in [0.15, 0.2) is 47.7 Å². The summed E-state index contributed by atoms with van der Waals surface area (Å²) in [7, 11) is 3.07. The molecule has 0 aromatic heterocycles. The molecule has 0 N–H and O–H groups in total. The quantitative estimate of drug-likeness (QED) is 0.435. The Hall–Kier alpha value is -3.88. The van der Waals surface area contributed by atoms with Crippen molar-refractivity contribution in [3.8, 4) is 17.2 Å². The monoisotopic (exact) mass is 466 g/mol. The van der Waals surface area contributed by atoms with E-state index in [1.807, 2.05) is 0 Å². The van der Waals surface area contributed by atoms with E-state index in [4.69, 9.17) is 14.2 Å². The molecule has 0 bridgehead atoms. The molecule has 1 aliphatic carbocycles. The van der Waals surface area contributed by atoms with Crippen LogP contribution in [-0.2, 0) is 9.59 Å². The summed E-state index contributed by atoms with van der Waals surface area (Å²) >= 11 is 0. The molecule has 178 valence electrons. The van der Waals surface area contributed by atoms with Gasteiger partial charge in [0, 0.05) is 41.7 Å². The van der Waals surface area contributed by atoms with Crippen LogP contribution in [0.1, 0.15) is 44.1 Å². The summed E-state index contributed by atoms with van der Waals surface area (Å²) < 4.78 is 16.2. The predicted octanol–water partition coefficient (Wildman–Crippen LogP) is 4.54. The lowest BCUT2D eigenvalue weighted by Gasteiger charge is -2.38. The minimum atomic E-state index is -0.533. The first-order valence-corrected chi connectivity index (χ1v) is 11.1. The molecule has 2 aromatic rings. The number of carbonyl (C=O) groups excluding carboxylic acids is 2. The third-order valence-corrected chi connectivity index (χ3v) is 6.19. The van der Waals surface area contributed by atoms with Crippen molar-refractivity contribution in [2.75, 3.05) is 25.7 Å². The van der Waals surface area contributed by atoms with E-state index >= 15 is 0 Å². The maximum Gasteiger partial charge on any atom is 0.297 e. The number of methoxy groups -OCH3 is 2. The average molecular weight is 466 g/mol. The molecule has 0 saturated carbocycles. The number of hydrogen-bond donors (Lipinski definition) is 0. The lowest BCUT2D eigenvalue weighted by Crippen LogP contribution is -2.40. The average Bonchev–Trinajstić information content (AvgIpc) is 2.83. The van der Waals surface area contributed by atoms with Gasteiger partial charge in [0.1, 0.15) is 22.9 Å². The number of allylic oxidation sites excluding steroid dienone is 2. The molecule has 9 nitrogen and oxygen atoms in total. The number of ether oxygens (including phenoxy) is 3. The van der Waals surface area contributed by atoms with Gasteiger partial charge in [-0.05, 0) is 38.0 Å². The van der Waals surface area contributed by atoms with Crippen LogP contribution in [0.25, 0.3) is 0 Å². The number of carbonyl (C=O) groups is 2. The summed E-state index contributed by atoms with van der Waals surface area (Å²) in [6.45, 7) is 2.14. The predicted molar refractivity (Wildman–Crippen MR) is 125 cm³/mol. The maximum atomic E-state index is 13.5. The number of rotatable bonds is 7. The van der Waals surface area contributed by atoms with Gasteiger partial charge in [-0.15, -0.1) is 0 Å². The Morgan fingerprint density at radius 2 is 1.82 bits per heavy atom. The minimum Gasteiger partial charge on any atom is -0.497 e. The molecule has 1 amide bonds. The Balaban J connectivity index is 1.88. The Morgan fingerprint density at radius 3 is 2.50 bits per heavy atom. The van der Waals surface area contributed by atoms with Crippen molar-refractivity contribution >= 4 is 23.1 Å². The van der Waals surface area contributed by atoms with Crippen molar-refractivity contribution in [2.24, 2.45) is 0 Å². The van der Waals surface area contributed by atoms with E-state index in [2.05, 4.69) is 0 Å². The molecular formula is C25H26N2O7. The van der Waals surface area contributed by atoms with Gasteiger partial charge in [-0.25, -0.2) is 0 Å². The number of nitro groups is 1. The summed E-state index contributed by atoms with van der Waals surface area (Å²) in [6.07, 6.45) is 1.38. The Labute approximate surface area is 197 Å². The number of anilines is 1. The zero-order chi connectivity index (χ0) is 24.4. The lowest BCUT2D eigenvalue weighted by molar-refractivity contribution is -0.384. The second-order valence-electron chi connectivity index (χ2n) is 8.07. The van der Waals surface area contributed by atoms with Crippen LogP contribution in [0.5, 0.6) is 17.2 Å². The van der Waals surface area contributed by atoms with Crippen LogP contribution >= 0.6 is 0 Å². The number of ketones is 1. The van der Waals surface area contributed by atoms with Crippen LogP contribution < -0.4 is 19.1 Å². The fourth-order valence-corrected chi connectivity index (χ4v) is 4.74. The molecule has 0 radical (unpaired) electrons. The van der Waals surface area contributed by atoms with Crippen molar-refractivity contribution < 1.29 is 28.7 Å². The van der Waals surface area contributed by atoms with Crippen LogP contribution in [0, 0.1) is 10.1 Å². The number of nitrogens with zero attached hydrogens (tertiary/aromatic N) is 2. The highest BCUT2D eigenvalue weighted by Crippen LogP contribution is 2.47. The van der Waals surface area contributed by atoms with E-state index < -0.39 is 10.8 Å². The first kappa shape index (κ1) is 23.3. The van der Waals surface area contributed by atoms with Crippen LogP contribution in [0.4, 0.5) is 11.4 Å². The topological polar surface area (TPSA) is 108 Å². The van der Waals surface area contributed by atoms with Crippen LogP contribution in [0.3, 0.4) is 0 Å². The SMILES string of the molecule is CCOc1ccc(N2C(=O)CC(c3ccc(OC)cc3OC)C3=C2CCCC3=O)c([N+](=O)[O-])c1. The van der Waals surface area contributed by atoms with Gasteiger partial charge < -0.3 is 14.2 Å². The van der Waals surface area contributed by atoms with E-state index in [-0.39, 0.29) is 29.5 Å². The highest BCUT2D eigenvalue weighted by Gasteiger charge is 2.42. The highest BCUT2D eigenvalue weighted by molar-refractivity contribution is 6.08. The summed E-state index contributed by atoms with van der Waals surface area (Å²) in [5.74, 6) is 0.576. The summed E-state index contributed by atoms with van der Waals surface area (Å²) in [5, 5.41) is 11.9. The highest BCUT2D eigenvalue weighted by atomic mass is 16.6. The molecule has 9 heteroatoms. The van der Waals surface area contributed by atoms with E-state index in [1.165, 1.54) is 24.1 Å². The molecule has 0 fully saturated rings. The number of amides is 1. The summed E-state index contributed by atoms with van der Waals surface area (Å²) in [5.41, 5.74) is 1.63. The largest absolute Gasteiger partial charge is 0.497 e. The second-order valence-corrected chi connectivity index (χ2v) is 8.07. The molecular weight excluding hydrogens is 440 g/mol. The Bertz CT molecular complexity index is 1190. The molecule has 1 heterocycles. The van der Waals surface area contributed by atoms with Gasteiger partial charge in [0.15, 0.2) is 5.78 Å². The van der Waals surface area contributed by atoms with Gasteiger partial charge in [-0.3, -0.25) is 24.6 Å². The molecule has 1 aliphatic heterocycles. The van der Waals surface area contributed by atoms with Crippen molar-refractivity contribution in [1.82, 2.24) is 0 Å². The minimum absolute atomic E-state index is 0.0162. The number of hydrogen-bond acceptors (Lipinski definition) is 7. The maximum absolute atomic E-state index is 13.5. The van der Waals surface area contributed by atoms with E-state index in [0.29, 0.717) is 60.0 Å². The third kappa shape index (κ3) is 4.09. The summed E-state index contributed by atoms with van der Waals surface area (Å²) in [6, 6.07) is 9.71. The number of benzene rings is 2. The van der Waals surface area contributed by atoms with Crippen LogP contribution in [-0.4, -0.2) is 37.4 Å². The number of nitro benzene ring substituents is 1. The van der Waals surface area contributed by atoms with Gasteiger partial charge >= 0.3 is 0 Å². The molecule has 1 atom stereocenters. The smallest absolute Gasteiger partial charge is 0.297 e. The van der Waals surface area contributed by atoms with Gasteiger partial charge in [0.05, 0.1) is 31.8 Å². The summed E-state index contributed by atoms with van der Waals surface area (Å²) in [4.78, 5) is 39.4. The van der Waals surface area contributed by atoms with Gasteiger partial charge in [0.25, 0.3) is 5.69 Å². The molecule has 4 rings (SSSR count).